The molecular formula is C23H36N4O2. The van der Waals surface area contributed by atoms with Crippen LogP contribution in [0.2, 0.25) is 0 Å². The fraction of sp³-hybridized carbons (Fsp3) is 0.696. The number of nitrogens with zero attached hydrogens (tertiary/aromatic N) is 4. The lowest BCUT2D eigenvalue weighted by Gasteiger charge is -2.50. The van der Waals surface area contributed by atoms with Crippen molar-refractivity contribution in [3.05, 3.63) is 30.1 Å². The van der Waals surface area contributed by atoms with E-state index in [1.54, 1.807) is 6.20 Å². The maximum absolute atomic E-state index is 13.6. The van der Waals surface area contributed by atoms with Crippen molar-refractivity contribution in [1.82, 2.24) is 19.7 Å². The zero-order valence-corrected chi connectivity index (χ0v) is 18.3. The molecule has 160 valence electrons. The standard InChI is InChI=1S/C23H36N4O2/c1-4-21(28)26-13-9-23(10-14-26,22(29)20-7-5-6-11-24-20)27-17-15-25(16-18-27)12-8-19(2)3/h5-7,11,19H,4,8-10,12-18H2,1-3H3. The van der Waals surface area contributed by atoms with E-state index in [0.29, 0.717) is 44.0 Å². The van der Waals surface area contributed by atoms with E-state index in [9.17, 15) is 9.59 Å². The summed E-state index contributed by atoms with van der Waals surface area (Å²) in [5, 5.41) is 0. The van der Waals surface area contributed by atoms with Gasteiger partial charge in [-0.1, -0.05) is 26.8 Å². The second kappa shape index (κ2) is 9.81. The van der Waals surface area contributed by atoms with Crippen LogP contribution in [0.3, 0.4) is 0 Å². The molecule has 0 unspecified atom stereocenters. The summed E-state index contributed by atoms with van der Waals surface area (Å²) in [5.74, 6) is 1.02. The average molecular weight is 401 g/mol. The van der Waals surface area contributed by atoms with Crippen LogP contribution in [0.25, 0.3) is 0 Å². The molecule has 0 bridgehead atoms. The molecule has 2 aliphatic rings. The Morgan fingerprint density at radius 2 is 1.76 bits per heavy atom. The van der Waals surface area contributed by atoms with Crippen LogP contribution in [0.4, 0.5) is 0 Å². The summed E-state index contributed by atoms with van der Waals surface area (Å²) in [6.07, 6.45) is 4.82. The summed E-state index contributed by atoms with van der Waals surface area (Å²) >= 11 is 0. The summed E-state index contributed by atoms with van der Waals surface area (Å²) in [4.78, 5) is 37.0. The highest BCUT2D eigenvalue weighted by Gasteiger charge is 2.47. The summed E-state index contributed by atoms with van der Waals surface area (Å²) < 4.78 is 0. The molecule has 0 aliphatic carbocycles. The van der Waals surface area contributed by atoms with Crippen LogP contribution >= 0.6 is 0 Å². The topological polar surface area (TPSA) is 56.8 Å². The number of piperidine rings is 1. The quantitative estimate of drug-likeness (QED) is 0.659. The number of hydrogen-bond acceptors (Lipinski definition) is 5. The minimum atomic E-state index is -0.539. The van der Waals surface area contributed by atoms with Crippen LogP contribution in [0, 0.1) is 5.92 Å². The predicted octanol–water partition coefficient (Wildman–Crippen LogP) is 2.70. The van der Waals surface area contributed by atoms with Gasteiger partial charge in [0.25, 0.3) is 0 Å². The summed E-state index contributed by atoms with van der Waals surface area (Å²) in [6, 6.07) is 5.56. The number of aromatic nitrogens is 1. The highest BCUT2D eigenvalue weighted by molar-refractivity contribution is 6.02. The molecule has 0 spiro atoms. The maximum atomic E-state index is 13.6. The zero-order chi connectivity index (χ0) is 20.9. The Hall–Kier alpha value is -1.79. The van der Waals surface area contributed by atoms with Crippen LogP contribution in [-0.4, -0.2) is 82.7 Å². The zero-order valence-electron chi connectivity index (χ0n) is 18.3. The molecule has 3 heterocycles. The molecular weight excluding hydrogens is 364 g/mol. The average Bonchev–Trinajstić information content (AvgIpc) is 2.77. The van der Waals surface area contributed by atoms with Crippen LogP contribution in [0.5, 0.6) is 0 Å². The smallest absolute Gasteiger partial charge is 0.222 e. The third-order valence-corrected chi connectivity index (χ3v) is 6.57. The highest BCUT2D eigenvalue weighted by atomic mass is 16.2. The summed E-state index contributed by atoms with van der Waals surface area (Å²) in [6.45, 7) is 12.7. The Balaban J connectivity index is 1.74. The number of rotatable bonds is 7. The molecule has 1 aromatic rings. The first-order valence-corrected chi connectivity index (χ1v) is 11.2. The van der Waals surface area contributed by atoms with Gasteiger partial charge in [0.1, 0.15) is 5.69 Å². The van der Waals surface area contributed by atoms with E-state index in [1.807, 2.05) is 30.0 Å². The molecule has 2 aliphatic heterocycles. The lowest BCUT2D eigenvalue weighted by atomic mass is 9.79. The van der Waals surface area contributed by atoms with Gasteiger partial charge in [0.15, 0.2) is 0 Å². The third kappa shape index (κ3) is 5.04. The number of amides is 1. The fourth-order valence-corrected chi connectivity index (χ4v) is 4.61. The Kier molecular flexibility index (Phi) is 7.41. The van der Waals surface area contributed by atoms with E-state index in [-0.39, 0.29) is 11.7 Å². The van der Waals surface area contributed by atoms with Crippen LogP contribution < -0.4 is 0 Å². The van der Waals surface area contributed by atoms with E-state index < -0.39 is 5.54 Å². The Morgan fingerprint density at radius 3 is 2.31 bits per heavy atom. The van der Waals surface area contributed by atoms with E-state index >= 15 is 0 Å². The van der Waals surface area contributed by atoms with Gasteiger partial charge in [0.2, 0.25) is 11.7 Å². The van der Waals surface area contributed by atoms with Crippen molar-refractivity contribution < 1.29 is 9.59 Å². The summed E-state index contributed by atoms with van der Waals surface area (Å²) in [7, 11) is 0. The molecule has 0 N–H and O–H groups in total. The second-order valence-corrected chi connectivity index (χ2v) is 8.82. The van der Waals surface area contributed by atoms with Crippen LogP contribution in [-0.2, 0) is 4.79 Å². The SMILES string of the molecule is CCC(=O)N1CCC(C(=O)c2ccccn2)(N2CCN(CCC(C)C)CC2)CC1. The van der Waals surface area contributed by atoms with Crippen molar-refractivity contribution in [2.45, 2.75) is 52.0 Å². The number of carbonyl (C=O) groups excluding carboxylic acids is 2. The largest absolute Gasteiger partial charge is 0.343 e. The van der Waals surface area contributed by atoms with Gasteiger partial charge in [0.05, 0.1) is 5.54 Å². The molecule has 1 amide bonds. The molecule has 6 heteroatoms. The van der Waals surface area contributed by atoms with Gasteiger partial charge in [-0.15, -0.1) is 0 Å². The second-order valence-electron chi connectivity index (χ2n) is 8.82. The number of Topliss-reactive ketones (excluding diaryl/α,β-unsaturated/α-hetero) is 1. The number of ketones is 1. The van der Waals surface area contributed by atoms with Crippen molar-refractivity contribution in [1.29, 1.82) is 0 Å². The van der Waals surface area contributed by atoms with Gasteiger partial charge in [-0.05, 0) is 43.9 Å². The fourth-order valence-electron chi connectivity index (χ4n) is 4.61. The molecule has 0 radical (unpaired) electrons. The van der Waals surface area contributed by atoms with Crippen LogP contribution in [0.15, 0.2) is 24.4 Å². The predicted molar refractivity (Wildman–Crippen MR) is 115 cm³/mol. The highest BCUT2D eigenvalue weighted by Crippen LogP contribution is 2.33. The van der Waals surface area contributed by atoms with Gasteiger partial charge in [0, 0.05) is 51.9 Å². The monoisotopic (exact) mass is 400 g/mol. The molecule has 29 heavy (non-hydrogen) atoms. The first-order valence-electron chi connectivity index (χ1n) is 11.2. The van der Waals surface area contributed by atoms with E-state index in [0.717, 1.165) is 32.7 Å². The molecule has 2 fully saturated rings. The number of piperazine rings is 1. The lowest BCUT2D eigenvalue weighted by molar-refractivity contribution is -0.133. The van der Waals surface area contributed by atoms with E-state index in [2.05, 4.69) is 28.6 Å². The van der Waals surface area contributed by atoms with Gasteiger partial charge >= 0.3 is 0 Å². The number of likely N-dealkylation sites (tertiary alicyclic amines) is 1. The van der Waals surface area contributed by atoms with E-state index in [4.69, 9.17) is 0 Å². The van der Waals surface area contributed by atoms with E-state index in [1.165, 1.54) is 6.42 Å². The molecule has 0 aromatic carbocycles. The molecule has 0 saturated carbocycles. The number of carbonyl (C=O) groups is 2. The number of pyridine rings is 1. The first kappa shape index (κ1) is 21.9. The summed E-state index contributed by atoms with van der Waals surface area (Å²) in [5.41, 5.74) is 0.00762. The first-order chi connectivity index (χ1) is 14.0. The van der Waals surface area contributed by atoms with Crippen LogP contribution in [0.1, 0.15) is 56.9 Å². The van der Waals surface area contributed by atoms with Gasteiger partial charge in [-0.3, -0.25) is 19.5 Å². The van der Waals surface area contributed by atoms with Gasteiger partial charge in [-0.2, -0.15) is 0 Å². The maximum Gasteiger partial charge on any atom is 0.222 e. The molecule has 1 aromatic heterocycles. The minimum Gasteiger partial charge on any atom is -0.343 e. The molecule has 0 atom stereocenters. The third-order valence-electron chi connectivity index (χ3n) is 6.57. The lowest BCUT2D eigenvalue weighted by Crippen LogP contribution is -2.64. The molecule has 6 nitrogen and oxygen atoms in total. The Morgan fingerprint density at radius 1 is 1.07 bits per heavy atom. The van der Waals surface area contributed by atoms with Gasteiger partial charge < -0.3 is 9.80 Å². The number of hydrogen-bond donors (Lipinski definition) is 0. The Bertz CT molecular complexity index is 675. The van der Waals surface area contributed by atoms with Crippen molar-refractivity contribution in [2.24, 2.45) is 5.92 Å². The Labute approximate surface area is 175 Å². The minimum absolute atomic E-state index is 0.123. The molecule has 2 saturated heterocycles. The van der Waals surface area contributed by atoms with Crippen molar-refractivity contribution in [3.63, 3.8) is 0 Å². The molecule has 3 rings (SSSR count). The van der Waals surface area contributed by atoms with Gasteiger partial charge in [-0.25, -0.2) is 0 Å². The normalized spacial score (nSPS) is 20.8. The van der Waals surface area contributed by atoms with Crippen molar-refractivity contribution >= 4 is 11.7 Å². The van der Waals surface area contributed by atoms with Crippen molar-refractivity contribution in [3.8, 4) is 0 Å². The van der Waals surface area contributed by atoms with Crippen molar-refractivity contribution in [2.75, 3.05) is 45.8 Å².